The molecule has 2 aromatic heterocycles. The number of amides is 2. The van der Waals surface area contributed by atoms with Gasteiger partial charge in [0.15, 0.2) is 5.01 Å². The number of carbonyl (C=O) groups excluding carboxylic acids is 2. The molecule has 3 aliphatic rings. The van der Waals surface area contributed by atoms with Gasteiger partial charge in [0.05, 0.1) is 26.5 Å². The van der Waals surface area contributed by atoms with E-state index in [-0.39, 0.29) is 24.2 Å². The Bertz CT molecular complexity index is 1980. The molecule has 16 heteroatoms. The SMILES string of the molecule is C.CN1CCC(C)(C)c2cc3nc(C#N)sc3cc21.CN1CCC(C)(C)c2cc3nc(C4=N[C@@H](C(N)=O)CS4)sc3cc21.CO.NC(=O)[C@H](N)CS. The largest absolute Gasteiger partial charge is 0.400 e. The van der Waals surface area contributed by atoms with Crippen molar-refractivity contribution in [3.8, 4) is 6.07 Å². The molecule has 2 aromatic carbocycles. The Kier molecular flexibility index (Phi) is 14.5. The third-order valence-corrected chi connectivity index (χ3v) is 12.8. The van der Waals surface area contributed by atoms with Crippen molar-refractivity contribution < 1.29 is 14.7 Å². The van der Waals surface area contributed by atoms with Crippen molar-refractivity contribution in [2.75, 3.05) is 55.6 Å². The Hall–Kier alpha value is -3.46. The van der Waals surface area contributed by atoms with Crippen molar-refractivity contribution >= 4 is 95.7 Å². The summed E-state index contributed by atoms with van der Waals surface area (Å²) < 4.78 is 2.27. The number of aromatic nitrogens is 2. The van der Waals surface area contributed by atoms with Crippen LogP contribution in [0.5, 0.6) is 0 Å². The van der Waals surface area contributed by atoms with Gasteiger partial charge in [-0.25, -0.2) is 9.97 Å². The maximum atomic E-state index is 11.3. The number of nitrogens with zero attached hydrogens (tertiary/aromatic N) is 6. The van der Waals surface area contributed by atoms with Crippen LogP contribution in [0.4, 0.5) is 11.4 Å². The first kappa shape index (κ1) is 42.9. The predicted octanol–water partition coefficient (Wildman–Crippen LogP) is 5.02. The number of thiol groups is 1. The third kappa shape index (κ3) is 9.36. The van der Waals surface area contributed by atoms with Crippen molar-refractivity contribution in [2.45, 2.75) is 70.9 Å². The molecular formula is C36H51N9O3S4. The molecule has 0 saturated carbocycles. The van der Waals surface area contributed by atoms with Crippen molar-refractivity contribution in [3.05, 3.63) is 45.4 Å². The minimum absolute atomic E-state index is 0. The molecule has 0 saturated heterocycles. The second-order valence-corrected chi connectivity index (χ2v) is 17.2. The summed E-state index contributed by atoms with van der Waals surface area (Å²) in [5.74, 6) is 0.0646. The second kappa shape index (κ2) is 17.6. The highest BCUT2D eigenvalue weighted by molar-refractivity contribution is 8.15. The number of rotatable bonds is 4. The molecule has 12 nitrogen and oxygen atoms in total. The van der Waals surface area contributed by atoms with Crippen LogP contribution >= 0.6 is 47.1 Å². The first-order chi connectivity index (χ1) is 24.0. The standard InChI is InChI=1S/C17H20N4OS2.C14H15N3S.C3H8N2OS.CH4O.CH4/c1-17(2)4-5-21(3)12-7-13-10(6-9(12)17)19-16(24-13)15-20-11(8-23-15)14(18)22;1-14(2)4-5-17(3)11-7-12-10(6-9(11)14)16-13(8-15)18-12;4-2(1-7)3(5)6;1-2;/h6-7,11H,4-5,8H2,1-3H3,(H2,18,22);6-7H,4-5H2,1-3H3;2,7H,1,4H2,(H2,5,6);2H,1H3;1H4/t11-;;2-;;/m1.1../s1. The summed E-state index contributed by atoms with van der Waals surface area (Å²) in [6.07, 6.45) is 2.29. The zero-order valence-electron chi connectivity index (χ0n) is 30.1. The Balaban J connectivity index is 0.000000230. The third-order valence-electron chi connectivity index (χ3n) is 9.26. The van der Waals surface area contributed by atoms with E-state index in [1.165, 1.54) is 38.5 Å². The molecule has 0 fully saturated rings. The highest BCUT2D eigenvalue weighted by Gasteiger charge is 2.32. The summed E-state index contributed by atoms with van der Waals surface area (Å²) in [6, 6.07) is 9.94. The molecule has 0 bridgehead atoms. The lowest BCUT2D eigenvalue weighted by Crippen LogP contribution is -2.37. The van der Waals surface area contributed by atoms with Crippen molar-refractivity contribution in [3.63, 3.8) is 0 Å². The minimum Gasteiger partial charge on any atom is -0.400 e. The number of hydrogen-bond acceptors (Lipinski definition) is 14. The second-order valence-electron chi connectivity index (χ2n) is 13.8. The molecule has 282 valence electrons. The highest BCUT2D eigenvalue weighted by Crippen LogP contribution is 2.43. The average Bonchev–Trinajstić information content (AvgIpc) is 3.86. The fourth-order valence-electron chi connectivity index (χ4n) is 5.91. The van der Waals surface area contributed by atoms with Gasteiger partial charge in [0.2, 0.25) is 11.8 Å². The maximum Gasteiger partial charge on any atom is 0.243 e. The number of fused-ring (bicyclic) bond motifs is 4. The van der Waals surface area contributed by atoms with E-state index in [1.54, 1.807) is 23.1 Å². The van der Waals surface area contributed by atoms with Gasteiger partial charge < -0.3 is 32.1 Å². The average molecular weight is 786 g/mol. The molecule has 52 heavy (non-hydrogen) atoms. The molecule has 2 atom stereocenters. The zero-order valence-corrected chi connectivity index (χ0v) is 33.4. The summed E-state index contributed by atoms with van der Waals surface area (Å²) in [5, 5.41) is 18.2. The Labute approximate surface area is 324 Å². The van der Waals surface area contributed by atoms with E-state index >= 15 is 0 Å². The molecule has 7 N–H and O–H groups in total. The lowest BCUT2D eigenvalue weighted by Gasteiger charge is -2.38. The highest BCUT2D eigenvalue weighted by atomic mass is 32.2. The van der Waals surface area contributed by atoms with Gasteiger partial charge in [-0.3, -0.25) is 14.6 Å². The number of nitriles is 1. The predicted molar refractivity (Wildman–Crippen MR) is 224 cm³/mol. The van der Waals surface area contributed by atoms with Crippen molar-refractivity contribution in [1.29, 1.82) is 5.26 Å². The lowest BCUT2D eigenvalue weighted by molar-refractivity contribution is -0.119. The number of thioether (sulfide) groups is 1. The number of aliphatic hydroxyl groups excluding tert-OH is 1. The van der Waals surface area contributed by atoms with Gasteiger partial charge in [-0.1, -0.05) is 35.1 Å². The smallest absolute Gasteiger partial charge is 0.243 e. The quantitative estimate of drug-likeness (QED) is 0.175. The number of anilines is 2. The van der Waals surface area contributed by atoms with E-state index in [2.05, 4.69) is 105 Å². The molecule has 2 amide bonds. The molecule has 0 radical (unpaired) electrons. The summed E-state index contributed by atoms with van der Waals surface area (Å²) in [4.78, 5) is 39.5. The van der Waals surface area contributed by atoms with E-state index in [0.29, 0.717) is 16.5 Å². The normalized spacial score (nSPS) is 18.4. The van der Waals surface area contributed by atoms with Crippen LogP contribution in [-0.4, -0.2) is 89.8 Å². The van der Waals surface area contributed by atoms with Crippen LogP contribution in [0.15, 0.2) is 29.3 Å². The number of carbonyl (C=O) groups is 2. The van der Waals surface area contributed by atoms with E-state index in [4.69, 9.17) is 32.6 Å². The maximum absolute atomic E-state index is 11.3. The molecule has 0 aliphatic carbocycles. The summed E-state index contributed by atoms with van der Waals surface area (Å²) in [5.41, 5.74) is 22.8. The number of nitrogens with two attached hydrogens (primary N) is 3. The zero-order chi connectivity index (χ0) is 37.8. The van der Waals surface area contributed by atoms with Gasteiger partial charge in [0, 0.05) is 57.2 Å². The van der Waals surface area contributed by atoms with Crippen LogP contribution in [0.2, 0.25) is 0 Å². The topological polar surface area (TPSA) is 201 Å². The molecule has 5 heterocycles. The van der Waals surface area contributed by atoms with Crippen molar-refractivity contribution in [2.24, 2.45) is 22.2 Å². The number of aliphatic hydroxyl groups is 1. The van der Waals surface area contributed by atoms with E-state index in [9.17, 15) is 9.59 Å². The van der Waals surface area contributed by atoms with Crippen LogP contribution in [0, 0.1) is 11.3 Å². The van der Waals surface area contributed by atoms with E-state index in [1.807, 2.05) is 0 Å². The van der Waals surface area contributed by atoms with Gasteiger partial charge in [-0.15, -0.1) is 34.4 Å². The number of primary amides is 2. The molecular weight excluding hydrogens is 735 g/mol. The fourth-order valence-corrected chi connectivity index (χ4v) is 8.97. The fraction of sp³-hybridized carbons (Fsp3) is 0.500. The summed E-state index contributed by atoms with van der Waals surface area (Å²) in [6.45, 7) is 11.3. The Morgan fingerprint density at radius 3 is 1.88 bits per heavy atom. The molecule has 0 unspecified atom stereocenters. The first-order valence-electron chi connectivity index (χ1n) is 16.4. The molecule has 0 spiro atoms. The number of thiazole rings is 2. The lowest BCUT2D eigenvalue weighted by atomic mass is 9.78. The minimum atomic E-state index is -0.594. The van der Waals surface area contributed by atoms with E-state index in [0.717, 1.165) is 58.8 Å². The summed E-state index contributed by atoms with van der Waals surface area (Å²) in [7, 11) is 5.28. The number of aliphatic imine (C=N–C) groups is 1. The van der Waals surface area contributed by atoms with Gasteiger partial charge in [-0.2, -0.15) is 17.9 Å². The van der Waals surface area contributed by atoms with Crippen LogP contribution in [0.25, 0.3) is 20.4 Å². The van der Waals surface area contributed by atoms with Gasteiger partial charge in [0.1, 0.15) is 22.2 Å². The Morgan fingerprint density at radius 1 is 0.962 bits per heavy atom. The van der Waals surface area contributed by atoms with Gasteiger partial charge >= 0.3 is 0 Å². The van der Waals surface area contributed by atoms with Gasteiger partial charge in [0.25, 0.3) is 0 Å². The van der Waals surface area contributed by atoms with Crippen LogP contribution in [0.1, 0.15) is 69.1 Å². The van der Waals surface area contributed by atoms with Crippen LogP contribution in [0.3, 0.4) is 0 Å². The molecule has 3 aliphatic heterocycles. The Morgan fingerprint density at radius 2 is 1.46 bits per heavy atom. The van der Waals surface area contributed by atoms with E-state index < -0.39 is 18.0 Å². The number of hydrogen-bond donors (Lipinski definition) is 5. The molecule has 4 aromatic rings. The molecule has 7 rings (SSSR count). The van der Waals surface area contributed by atoms with Crippen LogP contribution < -0.4 is 27.0 Å². The monoisotopic (exact) mass is 785 g/mol. The first-order valence-corrected chi connectivity index (χ1v) is 19.6. The van der Waals surface area contributed by atoms with Crippen LogP contribution in [-0.2, 0) is 20.4 Å². The van der Waals surface area contributed by atoms with Gasteiger partial charge in [-0.05, 0) is 59.1 Å². The van der Waals surface area contributed by atoms with Crippen molar-refractivity contribution in [1.82, 2.24) is 9.97 Å². The summed E-state index contributed by atoms with van der Waals surface area (Å²) >= 11 is 8.41. The number of benzene rings is 2.